The molecule has 0 aromatic carbocycles. The van der Waals surface area contributed by atoms with Crippen molar-refractivity contribution >= 4 is 0 Å². The second-order valence-corrected chi connectivity index (χ2v) is 6.41. The average Bonchev–Trinajstić information content (AvgIpc) is 2.25. The quantitative estimate of drug-likeness (QED) is 0.427. The average molecular weight is 238 g/mol. The van der Waals surface area contributed by atoms with Crippen LogP contribution in [0.4, 0.5) is 0 Å². The Morgan fingerprint density at radius 1 is 0.824 bits per heavy atom. The van der Waals surface area contributed by atoms with E-state index in [-0.39, 0.29) is 0 Å². The largest absolute Gasteiger partial charge is 0.0917 e. The van der Waals surface area contributed by atoms with E-state index in [2.05, 4.69) is 53.7 Å². The van der Waals surface area contributed by atoms with Crippen molar-refractivity contribution in [3.63, 3.8) is 0 Å². The summed E-state index contributed by atoms with van der Waals surface area (Å²) in [5.74, 6) is 3.51. The smallest absolute Gasteiger partial charge is 0.0348 e. The van der Waals surface area contributed by atoms with Gasteiger partial charge in [0.25, 0.3) is 0 Å². The Hall–Kier alpha value is -0.260. The van der Waals surface area contributed by atoms with Crippen molar-refractivity contribution in [2.24, 2.45) is 23.7 Å². The van der Waals surface area contributed by atoms with Crippen LogP contribution in [0, 0.1) is 23.7 Å². The van der Waals surface area contributed by atoms with Gasteiger partial charge >= 0.3 is 0 Å². The maximum Gasteiger partial charge on any atom is -0.0348 e. The molecule has 0 heterocycles. The standard InChI is InChI=1S/C17H34/c1-7-8-9-10-16(5)17(6)12-11-15(4)13-14(2)3/h7-8,14-17H,9-13H2,1-6H3. The van der Waals surface area contributed by atoms with Crippen molar-refractivity contribution in [1.29, 1.82) is 0 Å². The van der Waals surface area contributed by atoms with Gasteiger partial charge in [-0.15, -0.1) is 0 Å². The lowest BCUT2D eigenvalue weighted by Crippen LogP contribution is -2.10. The van der Waals surface area contributed by atoms with Crippen LogP contribution in [0.5, 0.6) is 0 Å². The van der Waals surface area contributed by atoms with E-state index < -0.39 is 0 Å². The highest BCUT2D eigenvalue weighted by atomic mass is 14.2. The molecule has 0 amide bonds. The van der Waals surface area contributed by atoms with Crippen molar-refractivity contribution in [2.75, 3.05) is 0 Å². The lowest BCUT2D eigenvalue weighted by atomic mass is 9.84. The van der Waals surface area contributed by atoms with Gasteiger partial charge in [-0.25, -0.2) is 0 Å². The molecule has 0 saturated heterocycles. The van der Waals surface area contributed by atoms with Gasteiger partial charge in [-0.2, -0.15) is 0 Å². The third kappa shape index (κ3) is 9.44. The van der Waals surface area contributed by atoms with E-state index in [1.807, 2.05) is 0 Å². The van der Waals surface area contributed by atoms with E-state index in [0.29, 0.717) is 0 Å². The molecule has 0 rings (SSSR count). The summed E-state index contributed by atoms with van der Waals surface area (Å²) in [5.41, 5.74) is 0. The molecule has 17 heavy (non-hydrogen) atoms. The van der Waals surface area contributed by atoms with Crippen LogP contribution in [0.2, 0.25) is 0 Å². The molecule has 0 fully saturated rings. The Bertz CT molecular complexity index is 190. The zero-order chi connectivity index (χ0) is 13.3. The van der Waals surface area contributed by atoms with Crippen molar-refractivity contribution in [3.05, 3.63) is 12.2 Å². The number of allylic oxidation sites excluding steroid dienone is 2. The minimum atomic E-state index is 0.854. The predicted molar refractivity (Wildman–Crippen MR) is 80.2 cm³/mol. The summed E-state index contributed by atoms with van der Waals surface area (Å²) in [6.07, 6.45) is 11.3. The molecule has 0 spiro atoms. The van der Waals surface area contributed by atoms with E-state index in [0.717, 1.165) is 23.7 Å². The first-order chi connectivity index (χ1) is 7.97. The van der Waals surface area contributed by atoms with E-state index >= 15 is 0 Å². The van der Waals surface area contributed by atoms with Crippen LogP contribution < -0.4 is 0 Å². The fourth-order valence-electron chi connectivity index (χ4n) is 2.56. The highest BCUT2D eigenvalue weighted by molar-refractivity contribution is 4.78. The molecule has 0 bridgehead atoms. The van der Waals surface area contributed by atoms with E-state index in [4.69, 9.17) is 0 Å². The van der Waals surface area contributed by atoms with Gasteiger partial charge in [-0.05, 0) is 49.9 Å². The lowest BCUT2D eigenvalue weighted by molar-refractivity contribution is 0.303. The summed E-state index contributed by atoms with van der Waals surface area (Å²) in [6.45, 7) is 14.0. The van der Waals surface area contributed by atoms with E-state index in [1.165, 1.54) is 32.1 Å². The Balaban J connectivity index is 3.72. The van der Waals surface area contributed by atoms with Gasteiger partial charge in [0.15, 0.2) is 0 Å². The maximum atomic E-state index is 2.43. The molecule has 0 aromatic heterocycles. The number of hydrogen-bond donors (Lipinski definition) is 0. The van der Waals surface area contributed by atoms with Crippen molar-refractivity contribution in [2.45, 2.75) is 73.6 Å². The Morgan fingerprint density at radius 3 is 1.94 bits per heavy atom. The molecule has 3 atom stereocenters. The maximum absolute atomic E-state index is 2.43. The summed E-state index contributed by atoms with van der Waals surface area (Å²) in [6, 6.07) is 0. The predicted octanol–water partition coefficient (Wildman–Crippen LogP) is 6.08. The summed E-state index contributed by atoms with van der Waals surface area (Å²) in [4.78, 5) is 0. The summed E-state index contributed by atoms with van der Waals surface area (Å²) in [7, 11) is 0. The molecule has 3 unspecified atom stereocenters. The first-order valence-corrected chi connectivity index (χ1v) is 7.58. The molecule has 102 valence electrons. The van der Waals surface area contributed by atoms with Crippen molar-refractivity contribution in [3.8, 4) is 0 Å². The summed E-state index contributed by atoms with van der Waals surface area (Å²) < 4.78 is 0. The van der Waals surface area contributed by atoms with Crippen LogP contribution in [-0.4, -0.2) is 0 Å². The second-order valence-electron chi connectivity index (χ2n) is 6.41. The normalized spacial score (nSPS) is 17.6. The molecular formula is C17H34. The molecule has 0 aliphatic heterocycles. The zero-order valence-corrected chi connectivity index (χ0v) is 13.0. The second kappa shape index (κ2) is 9.74. The molecule has 0 aromatic rings. The van der Waals surface area contributed by atoms with Crippen LogP contribution in [0.15, 0.2) is 12.2 Å². The monoisotopic (exact) mass is 238 g/mol. The summed E-state index contributed by atoms with van der Waals surface area (Å²) >= 11 is 0. The third-order valence-corrected chi connectivity index (χ3v) is 3.98. The van der Waals surface area contributed by atoms with E-state index in [9.17, 15) is 0 Å². The van der Waals surface area contributed by atoms with Crippen LogP contribution in [0.25, 0.3) is 0 Å². The molecule has 0 nitrogen and oxygen atoms in total. The van der Waals surface area contributed by atoms with Gasteiger partial charge in [-0.3, -0.25) is 0 Å². The lowest BCUT2D eigenvalue weighted by Gasteiger charge is -2.22. The number of hydrogen-bond acceptors (Lipinski definition) is 0. The minimum Gasteiger partial charge on any atom is -0.0917 e. The Labute approximate surface area is 110 Å². The third-order valence-electron chi connectivity index (χ3n) is 3.98. The van der Waals surface area contributed by atoms with Crippen molar-refractivity contribution in [1.82, 2.24) is 0 Å². The Kier molecular flexibility index (Phi) is 9.59. The first kappa shape index (κ1) is 16.7. The van der Waals surface area contributed by atoms with Crippen LogP contribution in [0.3, 0.4) is 0 Å². The van der Waals surface area contributed by atoms with Gasteiger partial charge < -0.3 is 0 Å². The molecule has 0 N–H and O–H groups in total. The van der Waals surface area contributed by atoms with Crippen LogP contribution >= 0.6 is 0 Å². The van der Waals surface area contributed by atoms with Crippen LogP contribution in [0.1, 0.15) is 73.6 Å². The van der Waals surface area contributed by atoms with Crippen molar-refractivity contribution < 1.29 is 0 Å². The fraction of sp³-hybridized carbons (Fsp3) is 0.882. The van der Waals surface area contributed by atoms with Gasteiger partial charge in [-0.1, -0.05) is 59.6 Å². The SMILES string of the molecule is CC=CCCC(C)C(C)CCC(C)CC(C)C. The topological polar surface area (TPSA) is 0 Å². The summed E-state index contributed by atoms with van der Waals surface area (Å²) in [5, 5.41) is 0. The van der Waals surface area contributed by atoms with Crippen LogP contribution in [-0.2, 0) is 0 Å². The minimum absolute atomic E-state index is 0.854. The molecule has 0 saturated carbocycles. The van der Waals surface area contributed by atoms with Gasteiger partial charge in [0.05, 0.1) is 0 Å². The fourth-order valence-corrected chi connectivity index (χ4v) is 2.56. The highest BCUT2D eigenvalue weighted by Gasteiger charge is 2.13. The molecule has 0 heteroatoms. The highest BCUT2D eigenvalue weighted by Crippen LogP contribution is 2.25. The molecular weight excluding hydrogens is 204 g/mol. The van der Waals surface area contributed by atoms with E-state index in [1.54, 1.807) is 0 Å². The van der Waals surface area contributed by atoms with Gasteiger partial charge in [0, 0.05) is 0 Å². The van der Waals surface area contributed by atoms with Gasteiger partial charge in [0.2, 0.25) is 0 Å². The van der Waals surface area contributed by atoms with Gasteiger partial charge in [0.1, 0.15) is 0 Å². The zero-order valence-electron chi connectivity index (χ0n) is 13.0. The number of rotatable bonds is 9. The molecule has 0 aliphatic carbocycles. The Morgan fingerprint density at radius 2 is 1.41 bits per heavy atom. The first-order valence-electron chi connectivity index (χ1n) is 7.58. The molecule has 0 aliphatic rings. The molecule has 0 radical (unpaired) electrons.